The largest absolute Gasteiger partial charge is 3.00 e. The molecule has 0 amide bonds. The van der Waals surface area contributed by atoms with E-state index in [0.29, 0.717) is 12.5 Å². The van der Waals surface area contributed by atoms with Crippen molar-refractivity contribution in [2.45, 2.75) is 6.92 Å². The van der Waals surface area contributed by atoms with Crippen molar-refractivity contribution >= 4 is 0 Å². The molecule has 1 radical (unpaired) electrons. The zero-order valence-electron chi connectivity index (χ0n) is 6.97. The summed E-state index contributed by atoms with van der Waals surface area (Å²) in [7, 11) is 0. The van der Waals surface area contributed by atoms with E-state index in [1.807, 2.05) is 6.92 Å². The molecule has 0 spiro atoms. The van der Waals surface area contributed by atoms with E-state index in [1.165, 1.54) is 0 Å². The van der Waals surface area contributed by atoms with E-state index < -0.39 is 0 Å². The third-order valence-corrected chi connectivity index (χ3v) is 0.547. The standard InChI is InChI=1S/C6H12O.CH3.2Y/c1-4-7-5-6(2)3;;;/h6H,1-2,4-5H2,3H3;1H3;;/q-2;-1;;+3/t6-;;;/m1.../s1. The molecular weight excluding hydrogens is 278 g/mol. The second kappa shape index (κ2) is 17.3. The Labute approximate surface area is 116 Å². The molecule has 55 valence electrons. The Hall–Kier alpha value is 2.17. The predicted molar refractivity (Wildman–Crippen MR) is 37.1 cm³/mol. The van der Waals surface area contributed by atoms with E-state index in [0.717, 1.165) is 6.61 Å². The van der Waals surface area contributed by atoms with E-state index >= 15 is 0 Å². The minimum absolute atomic E-state index is 0. The molecule has 0 rings (SSSR count). The number of rotatable bonds is 3. The molecule has 3 heteroatoms. The van der Waals surface area contributed by atoms with Gasteiger partial charge in [-0.25, -0.2) is 0 Å². The van der Waals surface area contributed by atoms with Crippen LogP contribution in [0.4, 0.5) is 0 Å². The Morgan fingerprint density at radius 1 is 1.50 bits per heavy atom. The van der Waals surface area contributed by atoms with Gasteiger partial charge in [0.05, 0.1) is 0 Å². The van der Waals surface area contributed by atoms with Crippen LogP contribution < -0.4 is 0 Å². The maximum absolute atomic E-state index is 4.92. The maximum Gasteiger partial charge on any atom is 3.00 e. The average Bonchev–Trinajstić information content (AvgIpc) is 1.61. The van der Waals surface area contributed by atoms with Gasteiger partial charge in [0.2, 0.25) is 0 Å². The van der Waals surface area contributed by atoms with Gasteiger partial charge in [-0.1, -0.05) is 13.5 Å². The van der Waals surface area contributed by atoms with Gasteiger partial charge < -0.3 is 26.0 Å². The fraction of sp³-hybridized carbons (Fsp3) is 0.571. The summed E-state index contributed by atoms with van der Waals surface area (Å²) in [4.78, 5) is 0. The van der Waals surface area contributed by atoms with Gasteiger partial charge in [-0.2, -0.15) is 0 Å². The van der Waals surface area contributed by atoms with Crippen LogP contribution in [0.3, 0.4) is 0 Å². The molecule has 1 nitrogen and oxygen atoms in total. The molecule has 0 bridgehead atoms. The van der Waals surface area contributed by atoms with E-state index in [4.69, 9.17) is 4.74 Å². The van der Waals surface area contributed by atoms with E-state index in [-0.39, 0.29) is 72.8 Å². The average molecular weight is 293 g/mol. The second-order valence-corrected chi connectivity index (χ2v) is 1.68. The molecule has 0 saturated carbocycles. The molecule has 0 aliphatic carbocycles. The van der Waals surface area contributed by atoms with Gasteiger partial charge in [-0.3, -0.25) is 0 Å². The molecule has 0 fully saturated rings. The van der Waals surface area contributed by atoms with Crippen LogP contribution in [-0.2, 0) is 70.2 Å². The third-order valence-electron chi connectivity index (χ3n) is 0.547. The van der Waals surface area contributed by atoms with Crippen LogP contribution in [0.1, 0.15) is 6.92 Å². The minimum Gasteiger partial charge on any atom is -0.416 e. The fourth-order valence-electron chi connectivity index (χ4n) is 0.285. The second-order valence-electron chi connectivity index (χ2n) is 1.68. The number of hydrogen-bond acceptors (Lipinski definition) is 1. The first kappa shape index (κ1) is 22.7. The molecule has 0 aliphatic rings. The summed E-state index contributed by atoms with van der Waals surface area (Å²) in [6, 6.07) is 0. The Morgan fingerprint density at radius 3 is 2.00 bits per heavy atom. The molecule has 0 aromatic rings. The molecule has 1 atom stereocenters. The van der Waals surface area contributed by atoms with Crippen LogP contribution in [0.15, 0.2) is 0 Å². The van der Waals surface area contributed by atoms with Gasteiger partial charge in [-0.15, -0.1) is 5.92 Å². The van der Waals surface area contributed by atoms with Crippen molar-refractivity contribution < 1.29 is 70.2 Å². The summed E-state index contributed by atoms with van der Waals surface area (Å²) in [6.45, 7) is 10.5. The van der Waals surface area contributed by atoms with Crippen molar-refractivity contribution in [3.8, 4) is 0 Å². The quantitative estimate of drug-likeness (QED) is 0.720. The van der Waals surface area contributed by atoms with Crippen molar-refractivity contribution in [2.24, 2.45) is 5.92 Å². The van der Waals surface area contributed by atoms with Gasteiger partial charge in [0, 0.05) is 39.3 Å². The minimum atomic E-state index is 0. The molecule has 0 unspecified atom stereocenters. The van der Waals surface area contributed by atoms with Crippen LogP contribution >= 0.6 is 0 Å². The Morgan fingerprint density at radius 2 is 1.90 bits per heavy atom. The summed E-state index contributed by atoms with van der Waals surface area (Å²) in [5.74, 6) is 0.391. The Kier molecular flexibility index (Phi) is 39.4. The van der Waals surface area contributed by atoms with Crippen LogP contribution in [-0.4, -0.2) is 13.2 Å². The van der Waals surface area contributed by atoms with Crippen LogP contribution in [0, 0.1) is 27.2 Å². The van der Waals surface area contributed by atoms with Gasteiger partial charge in [-0.05, 0) is 0 Å². The molecule has 0 aromatic carbocycles. The summed E-state index contributed by atoms with van der Waals surface area (Å²) < 4.78 is 4.92. The molecule has 0 saturated heterocycles. The van der Waals surface area contributed by atoms with E-state index in [1.54, 1.807) is 0 Å². The van der Waals surface area contributed by atoms with E-state index in [2.05, 4.69) is 13.8 Å². The molecule has 10 heavy (non-hydrogen) atoms. The normalized spacial score (nSPS) is 9.90. The van der Waals surface area contributed by atoms with E-state index in [9.17, 15) is 0 Å². The first-order valence-electron chi connectivity index (χ1n) is 2.47. The van der Waals surface area contributed by atoms with Crippen molar-refractivity contribution in [1.29, 1.82) is 0 Å². The number of hydrogen-bond donors (Lipinski definition) is 0. The molecule has 0 aliphatic heterocycles. The van der Waals surface area contributed by atoms with Crippen molar-refractivity contribution in [3.05, 3.63) is 21.3 Å². The monoisotopic (exact) mass is 293 g/mol. The first-order valence-corrected chi connectivity index (χ1v) is 2.47. The molecule has 0 aromatic heterocycles. The van der Waals surface area contributed by atoms with Crippen LogP contribution in [0.25, 0.3) is 0 Å². The fourth-order valence-corrected chi connectivity index (χ4v) is 0.285. The van der Waals surface area contributed by atoms with Gasteiger partial charge in [0.15, 0.2) is 0 Å². The van der Waals surface area contributed by atoms with Crippen LogP contribution in [0.5, 0.6) is 0 Å². The zero-order chi connectivity index (χ0) is 5.70. The van der Waals surface area contributed by atoms with Crippen molar-refractivity contribution in [2.75, 3.05) is 13.2 Å². The van der Waals surface area contributed by atoms with Crippen LogP contribution in [0.2, 0.25) is 0 Å². The van der Waals surface area contributed by atoms with Crippen molar-refractivity contribution in [3.63, 3.8) is 0 Å². The molecule has 0 N–H and O–H groups in total. The van der Waals surface area contributed by atoms with Gasteiger partial charge in [0.1, 0.15) is 0 Å². The van der Waals surface area contributed by atoms with Crippen molar-refractivity contribution in [1.82, 2.24) is 0 Å². The smallest absolute Gasteiger partial charge is 0.416 e. The van der Waals surface area contributed by atoms with Gasteiger partial charge >= 0.3 is 32.7 Å². The SMILES string of the molecule is [CH2-]COC[C@H]([CH2-])C.[CH3-].[Y+3].[Y]. The summed E-state index contributed by atoms with van der Waals surface area (Å²) in [5.41, 5.74) is 0. The zero-order valence-corrected chi connectivity index (χ0v) is 12.6. The molecular formula is C7H15OY2. The summed E-state index contributed by atoms with van der Waals surface area (Å²) in [5, 5.41) is 0. The topological polar surface area (TPSA) is 9.23 Å². The van der Waals surface area contributed by atoms with Gasteiger partial charge in [0.25, 0.3) is 0 Å². The Bertz CT molecular complexity index is 40.6. The third kappa shape index (κ3) is 22.5. The first-order chi connectivity index (χ1) is 3.27. The molecule has 0 heterocycles. The number of ether oxygens (including phenoxy) is 1. The summed E-state index contributed by atoms with van der Waals surface area (Å²) >= 11 is 0. The summed E-state index contributed by atoms with van der Waals surface area (Å²) in [6.07, 6.45) is 0. The maximum atomic E-state index is 4.92. The predicted octanol–water partition coefficient (Wildman–Crippen LogP) is 1.75. The Balaban J connectivity index is -0.0000000600.